The highest BCUT2D eigenvalue weighted by Gasteiger charge is 1.96. The second kappa shape index (κ2) is 27.0. The van der Waals surface area contributed by atoms with Gasteiger partial charge >= 0.3 is 0 Å². The number of nitrogens with zero attached hydrogens (tertiary/aromatic N) is 2. The Balaban J connectivity index is -0.000000296. The Morgan fingerprint density at radius 2 is 1.29 bits per heavy atom. The molecule has 0 saturated carbocycles. The van der Waals surface area contributed by atoms with Gasteiger partial charge in [0.2, 0.25) is 0 Å². The van der Waals surface area contributed by atoms with E-state index < -0.39 is 0 Å². The van der Waals surface area contributed by atoms with Crippen molar-refractivity contribution in [2.75, 3.05) is 0 Å². The van der Waals surface area contributed by atoms with Crippen LogP contribution in [0, 0.1) is 12.8 Å². The van der Waals surface area contributed by atoms with Crippen molar-refractivity contribution in [1.29, 1.82) is 0 Å². The van der Waals surface area contributed by atoms with Crippen molar-refractivity contribution in [2.45, 2.75) is 75.2 Å². The van der Waals surface area contributed by atoms with Crippen LogP contribution in [0.2, 0.25) is 0 Å². The highest BCUT2D eigenvalue weighted by atomic mass is 15.1. The lowest BCUT2D eigenvalue weighted by molar-refractivity contribution is 0.784. The van der Waals surface area contributed by atoms with Crippen LogP contribution >= 0.6 is 0 Å². The van der Waals surface area contributed by atoms with E-state index in [1.165, 1.54) is 12.0 Å². The van der Waals surface area contributed by atoms with Crippen LogP contribution < -0.4 is 0 Å². The molecule has 0 fully saturated rings. The number of aromatic nitrogens is 2. The van der Waals surface area contributed by atoms with Gasteiger partial charge in [-0.05, 0) is 37.8 Å². The summed E-state index contributed by atoms with van der Waals surface area (Å²) in [5.74, 6) is 0.736. The Hall–Kier alpha value is -2.22. The molecule has 0 atom stereocenters. The first-order chi connectivity index (χ1) is 13.8. The molecule has 1 aromatic carbocycles. The summed E-state index contributed by atoms with van der Waals surface area (Å²) in [6, 6.07) is 14.1. The van der Waals surface area contributed by atoms with Crippen LogP contribution in [-0.2, 0) is 6.42 Å². The molecular weight excluding hydrogens is 340 g/mol. The third-order valence-corrected chi connectivity index (χ3v) is 3.23. The number of aryl methyl sites for hydroxylation is 2. The molecule has 0 spiro atoms. The molecule has 1 aromatic heterocycles. The summed E-state index contributed by atoms with van der Waals surface area (Å²) >= 11 is 0. The number of allylic oxidation sites excluding steroid dienone is 4. The van der Waals surface area contributed by atoms with E-state index in [0.717, 1.165) is 18.0 Å². The first-order valence-corrected chi connectivity index (χ1v) is 10.9. The summed E-state index contributed by atoms with van der Waals surface area (Å²) in [6.45, 7) is 18.3. The molecule has 0 amide bonds. The van der Waals surface area contributed by atoms with E-state index in [2.05, 4.69) is 67.4 Å². The van der Waals surface area contributed by atoms with Crippen molar-refractivity contribution < 1.29 is 0 Å². The molecule has 0 bridgehead atoms. The number of rotatable bonds is 2. The van der Waals surface area contributed by atoms with E-state index in [-0.39, 0.29) is 0 Å². The normalized spacial score (nSPS) is 10.2. The average Bonchev–Trinajstić information content (AvgIpc) is 3.34. The molecule has 2 aromatic rings. The fourth-order valence-corrected chi connectivity index (χ4v) is 1.81. The van der Waals surface area contributed by atoms with Crippen molar-refractivity contribution in [2.24, 2.45) is 5.92 Å². The molecule has 0 unspecified atom stereocenters. The molecule has 1 aliphatic rings. The summed E-state index contributed by atoms with van der Waals surface area (Å²) < 4.78 is 0. The summed E-state index contributed by atoms with van der Waals surface area (Å²) in [5, 5.41) is 7.55. The quantitative estimate of drug-likeness (QED) is 0.521. The molecule has 2 heteroatoms. The minimum atomic E-state index is 0.736. The first kappa shape index (κ1) is 30.5. The van der Waals surface area contributed by atoms with Crippen LogP contribution in [0.5, 0.6) is 0 Å². The van der Waals surface area contributed by atoms with Gasteiger partial charge in [0.25, 0.3) is 0 Å². The Labute approximate surface area is 175 Å². The van der Waals surface area contributed by atoms with Gasteiger partial charge in [-0.15, -0.1) is 0 Å². The largest absolute Gasteiger partial charge is 0.159 e. The van der Waals surface area contributed by atoms with E-state index in [1.54, 1.807) is 6.20 Å². The van der Waals surface area contributed by atoms with Crippen molar-refractivity contribution in [1.82, 2.24) is 10.2 Å². The zero-order valence-corrected chi connectivity index (χ0v) is 19.8. The molecule has 1 aliphatic carbocycles. The van der Waals surface area contributed by atoms with Crippen LogP contribution in [0.25, 0.3) is 0 Å². The first-order valence-electron chi connectivity index (χ1n) is 10.9. The van der Waals surface area contributed by atoms with Gasteiger partial charge in [-0.2, -0.15) is 10.2 Å². The Kier molecular flexibility index (Phi) is 29.4. The van der Waals surface area contributed by atoms with Gasteiger partial charge in [0.15, 0.2) is 0 Å². The minimum Gasteiger partial charge on any atom is -0.159 e. The maximum Gasteiger partial charge on any atom is 0.0628 e. The second-order valence-electron chi connectivity index (χ2n) is 5.07. The van der Waals surface area contributed by atoms with Crippen LogP contribution in [0.3, 0.4) is 0 Å². The molecule has 2 nitrogen and oxygen atoms in total. The molecule has 0 N–H and O–H groups in total. The predicted octanol–water partition coefficient (Wildman–Crippen LogP) is 8.25. The predicted molar refractivity (Wildman–Crippen MR) is 129 cm³/mol. The fourth-order valence-electron chi connectivity index (χ4n) is 1.81. The Bertz CT molecular complexity index is 533. The zero-order valence-electron chi connectivity index (χ0n) is 19.8. The van der Waals surface area contributed by atoms with Crippen molar-refractivity contribution in [3.8, 4) is 0 Å². The maximum absolute atomic E-state index is 3.85. The summed E-state index contributed by atoms with van der Waals surface area (Å²) in [6.07, 6.45) is 12.5. The van der Waals surface area contributed by atoms with Gasteiger partial charge in [-0.1, -0.05) is 116 Å². The van der Waals surface area contributed by atoms with Gasteiger partial charge < -0.3 is 0 Å². The topological polar surface area (TPSA) is 25.8 Å². The summed E-state index contributed by atoms with van der Waals surface area (Å²) in [7, 11) is 0. The van der Waals surface area contributed by atoms with Crippen molar-refractivity contribution >= 4 is 0 Å². The molecular formula is C26H44N2. The van der Waals surface area contributed by atoms with E-state index in [4.69, 9.17) is 0 Å². The zero-order chi connectivity index (χ0) is 22.0. The second-order valence-corrected chi connectivity index (χ2v) is 5.07. The van der Waals surface area contributed by atoms with Crippen LogP contribution in [-0.4, -0.2) is 10.2 Å². The van der Waals surface area contributed by atoms with Gasteiger partial charge in [-0.3, -0.25) is 0 Å². The van der Waals surface area contributed by atoms with Crippen molar-refractivity contribution in [3.05, 3.63) is 84.2 Å². The maximum atomic E-state index is 3.85. The highest BCUT2D eigenvalue weighted by Crippen LogP contribution is 2.11. The third kappa shape index (κ3) is 20.1. The molecule has 28 heavy (non-hydrogen) atoms. The smallest absolute Gasteiger partial charge is 0.0628 e. The lowest BCUT2D eigenvalue weighted by Gasteiger charge is -1.93. The van der Waals surface area contributed by atoms with E-state index in [1.807, 2.05) is 71.9 Å². The molecule has 3 rings (SSSR count). The molecule has 0 saturated heterocycles. The van der Waals surface area contributed by atoms with E-state index in [9.17, 15) is 0 Å². The molecule has 1 heterocycles. The Morgan fingerprint density at radius 3 is 1.54 bits per heavy atom. The molecule has 158 valence electrons. The molecule has 0 aliphatic heterocycles. The number of hydrogen-bond acceptors (Lipinski definition) is 2. The monoisotopic (exact) mass is 384 g/mol. The number of benzene rings is 1. The summed E-state index contributed by atoms with van der Waals surface area (Å²) in [5.41, 5.74) is 2.37. The van der Waals surface area contributed by atoms with Gasteiger partial charge in [0, 0.05) is 6.20 Å². The fraction of sp³-hybridized carbons (Fsp3) is 0.462. The van der Waals surface area contributed by atoms with Gasteiger partial charge in [0.05, 0.1) is 5.69 Å². The van der Waals surface area contributed by atoms with Crippen LogP contribution in [0.1, 0.15) is 73.1 Å². The highest BCUT2D eigenvalue weighted by molar-refractivity contribution is 5.16. The van der Waals surface area contributed by atoms with Gasteiger partial charge in [-0.25, -0.2) is 0 Å². The van der Waals surface area contributed by atoms with Crippen molar-refractivity contribution in [3.63, 3.8) is 0 Å². The van der Waals surface area contributed by atoms with E-state index >= 15 is 0 Å². The molecule has 0 radical (unpaired) electrons. The average molecular weight is 385 g/mol. The SMILES string of the molecule is CC.CC.CC.CCC1C=CC=C1.CCc1cccnn1.Cc1ccccc1. The van der Waals surface area contributed by atoms with Crippen LogP contribution in [0.4, 0.5) is 0 Å². The van der Waals surface area contributed by atoms with E-state index in [0.29, 0.717) is 0 Å². The lowest BCUT2D eigenvalue weighted by atomic mass is 10.1. The van der Waals surface area contributed by atoms with Gasteiger partial charge in [0.1, 0.15) is 0 Å². The summed E-state index contributed by atoms with van der Waals surface area (Å²) in [4.78, 5) is 0. The third-order valence-electron chi connectivity index (χ3n) is 3.23. The Morgan fingerprint density at radius 1 is 0.750 bits per heavy atom. The van der Waals surface area contributed by atoms with Crippen LogP contribution in [0.15, 0.2) is 73.0 Å². The number of hydrogen-bond donors (Lipinski definition) is 0. The standard InChI is InChI=1S/C7H8.C7H10.C6H8N2.3C2H6/c1-7-5-3-2-4-6-7;1-2-7-5-3-4-6-7;1-2-6-4-3-5-7-8-6;3*1-2/h2-6H,1H3;3-7H,2H2,1H3;3-5H,2H2,1H3;3*1-2H3. The lowest BCUT2D eigenvalue weighted by Crippen LogP contribution is -1.86. The minimum absolute atomic E-state index is 0.736.